The summed E-state index contributed by atoms with van der Waals surface area (Å²) in [6, 6.07) is 9.49. The lowest BCUT2D eigenvalue weighted by molar-refractivity contribution is -0.139. The second-order valence-corrected chi connectivity index (χ2v) is 7.25. The molecule has 1 aromatic heterocycles. The molecule has 0 radical (unpaired) electrons. The molecule has 1 aromatic carbocycles. The van der Waals surface area contributed by atoms with Crippen LogP contribution >= 0.6 is 0 Å². The largest absolute Gasteiger partial charge is 0.480 e. The van der Waals surface area contributed by atoms with Crippen molar-refractivity contribution < 1.29 is 14.1 Å². The summed E-state index contributed by atoms with van der Waals surface area (Å²) in [5, 5.41) is 10.1. The minimum atomic E-state index is -1.50. The highest BCUT2D eigenvalue weighted by Gasteiger charge is 2.34. The van der Waals surface area contributed by atoms with E-state index in [9.17, 15) is 9.00 Å². The minimum Gasteiger partial charge on any atom is -0.480 e. The van der Waals surface area contributed by atoms with E-state index < -0.39 is 21.5 Å². The van der Waals surface area contributed by atoms with Crippen LogP contribution in [-0.4, -0.2) is 25.0 Å². The van der Waals surface area contributed by atoms with Crippen molar-refractivity contribution in [1.82, 2.24) is 4.98 Å². The summed E-state index contributed by atoms with van der Waals surface area (Å²) in [7, 11) is -1.50. The molecule has 2 rings (SSSR count). The second-order valence-electron chi connectivity index (χ2n) is 5.25. The Morgan fingerprint density at radius 2 is 2.00 bits per heavy atom. The number of pyridine rings is 1. The van der Waals surface area contributed by atoms with Gasteiger partial charge in [0.05, 0.1) is 11.3 Å². The molecule has 0 aliphatic rings. The van der Waals surface area contributed by atoms with Gasteiger partial charge in [0.2, 0.25) is 0 Å². The molecule has 4 nitrogen and oxygen atoms in total. The number of aryl methyl sites for hydroxylation is 1. The number of hydrogen-bond acceptors (Lipinski definition) is 3. The highest BCUT2D eigenvalue weighted by Crippen LogP contribution is 2.23. The van der Waals surface area contributed by atoms with Gasteiger partial charge >= 0.3 is 5.97 Å². The summed E-state index contributed by atoms with van der Waals surface area (Å²) in [5.41, 5.74) is 2.55. The number of fused-ring (bicyclic) bond motifs is 1. The Morgan fingerprint density at radius 1 is 1.35 bits per heavy atom. The summed E-state index contributed by atoms with van der Waals surface area (Å²) in [6.07, 6.45) is 0. The SMILES string of the molecule is Cc1cc(CS(=O)C(C)(C)C(=O)O)c2ccccc2n1. The Morgan fingerprint density at radius 3 is 2.65 bits per heavy atom. The Labute approximate surface area is 120 Å². The number of aliphatic carboxylic acids is 1. The molecule has 0 bridgehead atoms. The van der Waals surface area contributed by atoms with Crippen LogP contribution in [0.5, 0.6) is 0 Å². The van der Waals surface area contributed by atoms with Gasteiger partial charge in [-0.3, -0.25) is 14.0 Å². The molecule has 0 saturated heterocycles. The molecule has 2 aromatic rings. The van der Waals surface area contributed by atoms with E-state index in [0.29, 0.717) is 0 Å². The first-order valence-corrected chi connectivity index (χ1v) is 7.61. The van der Waals surface area contributed by atoms with E-state index in [-0.39, 0.29) is 5.75 Å². The van der Waals surface area contributed by atoms with Crippen molar-refractivity contribution in [2.75, 3.05) is 0 Å². The molecule has 1 unspecified atom stereocenters. The highest BCUT2D eigenvalue weighted by atomic mass is 32.2. The smallest absolute Gasteiger partial charge is 0.321 e. The summed E-state index contributed by atoms with van der Waals surface area (Å²) >= 11 is 0. The fourth-order valence-corrected chi connectivity index (χ4v) is 3.01. The van der Waals surface area contributed by atoms with Gasteiger partial charge < -0.3 is 5.11 Å². The Bertz CT molecular complexity index is 695. The molecule has 106 valence electrons. The van der Waals surface area contributed by atoms with Crippen molar-refractivity contribution >= 4 is 27.7 Å². The Balaban J connectivity index is 2.44. The van der Waals surface area contributed by atoms with Crippen LogP contribution in [0.15, 0.2) is 30.3 Å². The topological polar surface area (TPSA) is 67.3 Å². The van der Waals surface area contributed by atoms with Crippen LogP contribution in [0.3, 0.4) is 0 Å². The fourth-order valence-electron chi connectivity index (χ4n) is 1.93. The lowest BCUT2D eigenvalue weighted by atomic mass is 10.1. The van der Waals surface area contributed by atoms with Gasteiger partial charge in [-0.2, -0.15) is 0 Å². The van der Waals surface area contributed by atoms with Gasteiger partial charge in [0.1, 0.15) is 4.75 Å². The molecule has 1 heterocycles. The first kappa shape index (κ1) is 14.7. The zero-order chi connectivity index (χ0) is 14.9. The van der Waals surface area contributed by atoms with Crippen LogP contribution in [0, 0.1) is 6.92 Å². The van der Waals surface area contributed by atoms with E-state index >= 15 is 0 Å². The monoisotopic (exact) mass is 291 g/mol. The normalized spacial score (nSPS) is 13.3. The molecule has 0 spiro atoms. The molecule has 0 aliphatic heterocycles. The third-order valence-electron chi connectivity index (χ3n) is 3.30. The van der Waals surface area contributed by atoms with Crippen LogP contribution in [0.4, 0.5) is 0 Å². The van der Waals surface area contributed by atoms with Crippen molar-refractivity contribution in [1.29, 1.82) is 0 Å². The Hall–Kier alpha value is -1.75. The number of nitrogens with zero attached hydrogens (tertiary/aromatic N) is 1. The van der Waals surface area contributed by atoms with Crippen LogP contribution < -0.4 is 0 Å². The standard InChI is InChI=1S/C15H17NO3S/c1-10-8-11(9-20(19)15(2,3)14(17)18)12-6-4-5-7-13(12)16-10/h4-8H,9H2,1-3H3,(H,17,18). The molecular weight excluding hydrogens is 274 g/mol. The lowest BCUT2D eigenvalue weighted by Gasteiger charge is -2.19. The average Bonchev–Trinajstić information content (AvgIpc) is 2.38. The molecule has 1 N–H and O–H groups in total. The van der Waals surface area contributed by atoms with Crippen molar-refractivity contribution in [3.63, 3.8) is 0 Å². The predicted octanol–water partition coefficient (Wildman–Crippen LogP) is 2.66. The number of carbonyl (C=O) groups is 1. The number of benzene rings is 1. The van der Waals surface area contributed by atoms with Gasteiger partial charge in [0.25, 0.3) is 0 Å². The third kappa shape index (κ3) is 2.72. The number of aromatic nitrogens is 1. The van der Waals surface area contributed by atoms with E-state index in [0.717, 1.165) is 22.2 Å². The summed E-state index contributed by atoms with van der Waals surface area (Å²) in [4.78, 5) is 15.6. The predicted molar refractivity (Wildman–Crippen MR) is 80.0 cm³/mol. The number of carboxylic acids is 1. The zero-order valence-electron chi connectivity index (χ0n) is 11.7. The van der Waals surface area contributed by atoms with Crippen molar-refractivity contribution in [2.24, 2.45) is 0 Å². The number of rotatable bonds is 4. The molecular formula is C15H17NO3S. The quantitative estimate of drug-likeness (QED) is 0.940. The second kappa shape index (κ2) is 5.32. The van der Waals surface area contributed by atoms with Crippen molar-refractivity contribution in [2.45, 2.75) is 31.3 Å². The molecule has 20 heavy (non-hydrogen) atoms. The van der Waals surface area contributed by atoms with Crippen LogP contribution in [0.25, 0.3) is 10.9 Å². The van der Waals surface area contributed by atoms with E-state index in [4.69, 9.17) is 5.11 Å². The lowest BCUT2D eigenvalue weighted by Crippen LogP contribution is -2.37. The Kier molecular flexibility index (Phi) is 3.90. The molecule has 0 aliphatic carbocycles. The summed E-state index contributed by atoms with van der Waals surface area (Å²) in [5.74, 6) is -0.839. The summed E-state index contributed by atoms with van der Waals surface area (Å²) < 4.78 is 11.1. The van der Waals surface area contributed by atoms with Crippen LogP contribution in [0.2, 0.25) is 0 Å². The van der Waals surface area contributed by atoms with Gasteiger partial charge in [-0.15, -0.1) is 0 Å². The molecule has 5 heteroatoms. The molecule has 0 fully saturated rings. The van der Waals surface area contributed by atoms with Gasteiger partial charge in [0, 0.05) is 21.9 Å². The van der Waals surface area contributed by atoms with Gasteiger partial charge in [-0.25, -0.2) is 0 Å². The fraction of sp³-hybridized carbons (Fsp3) is 0.333. The van der Waals surface area contributed by atoms with Crippen LogP contribution in [-0.2, 0) is 21.3 Å². The van der Waals surface area contributed by atoms with E-state index in [2.05, 4.69) is 4.98 Å². The van der Waals surface area contributed by atoms with Crippen molar-refractivity contribution in [3.05, 3.63) is 41.6 Å². The average molecular weight is 291 g/mol. The van der Waals surface area contributed by atoms with E-state index in [1.807, 2.05) is 37.3 Å². The maximum Gasteiger partial charge on any atom is 0.321 e. The van der Waals surface area contributed by atoms with Gasteiger partial charge in [-0.1, -0.05) is 18.2 Å². The first-order chi connectivity index (χ1) is 9.32. The highest BCUT2D eigenvalue weighted by molar-refractivity contribution is 7.86. The molecule has 0 amide bonds. The zero-order valence-corrected chi connectivity index (χ0v) is 12.5. The van der Waals surface area contributed by atoms with E-state index in [1.165, 1.54) is 13.8 Å². The number of para-hydroxylation sites is 1. The summed E-state index contributed by atoms with van der Waals surface area (Å²) in [6.45, 7) is 4.85. The van der Waals surface area contributed by atoms with Crippen LogP contribution in [0.1, 0.15) is 25.1 Å². The first-order valence-electron chi connectivity index (χ1n) is 6.29. The molecule has 1 atom stereocenters. The maximum absolute atomic E-state index is 12.3. The maximum atomic E-state index is 12.3. The minimum absolute atomic E-state index is 0.211. The molecule has 0 saturated carbocycles. The number of hydrogen-bond donors (Lipinski definition) is 1. The van der Waals surface area contributed by atoms with Crippen molar-refractivity contribution in [3.8, 4) is 0 Å². The third-order valence-corrected chi connectivity index (χ3v) is 5.19. The van der Waals surface area contributed by atoms with Gasteiger partial charge in [0.15, 0.2) is 0 Å². The van der Waals surface area contributed by atoms with E-state index in [1.54, 1.807) is 0 Å². The number of carboxylic acid groups (broad SMARTS) is 1. The van der Waals surface area contributed by atoms with Gasteiger partial charge in [-0.05, 0) is 38.5 Å².